The fourth-order valence-electron chi connectivity index (χ4n) is 2.11. The number of rotatable bonds is 5. The number of carboxylic acids is 2. The van der Waals surface area contributed by atoms with E-state index < -0.39 is 23.9 Å². The molecule has 0 aromatic rings. The fraction of sp³-hybridized carbons (Fsp3) is 0.778. The van der Waals surface area contributed by atoms with Crippen LogP contribution < -0.4 is 5.73 Å². The third-order valence-electron chi connectivity index (χ3n) is 2.84. The van der Waals surface area contributed by atoms with Crippen molar-refractivity contribution in [2.24, 2.45) is 23.5 Å². The van der Waals surface area contributed by atoms with Gasteiger partial charge in [-0.25, -0.2) is 0 Å². The van der Waals surface area contributed by atoms with Gasteiger partial charge < -0.3 is 15.9 Å². The number of nitrogens with two attached hydrogens (primary N) is 1. The van der Waals surface area contributed by atoms with Gasteiger partial charge in [0.1, 0.15) is 6.04 Å². The van der Waals surface area contributed by atoms with Crippen molar-refractivity contribution in [2.45, 2.75) is 25.8 Å². The summed E-state index contributed by atoms with van der Waals surface area (Å²) in [5.74, 6) is -3.03. The van der Waals surface area contributed by atoms with Gasteiger partial charge in [-0.2, -0.15) is 0 Å². The van der Waals surface area contributed by atoms with Crippen molar-refractivity contribution < 1.29 is 19.8 Å². The van der Waals surface area contributed by atoms with Gasteiger partial charge in [-0.3, -0.25) is 9.59 Å². The van der Waals surface area contributed by atoms with E-state index in [1.54, 1.807) is 0 Å². The van der Waals surface area contributed by atoms with Crippen molar-refractivity contribution >= 4 is 11.9 Å². The molecule has 0 aliphatic heterocycles. The second-order valence-electron chi connectivity index (χ2n) is 3.76. The quantitative estimate of drug-likeness (QED) is 0.587. The molecule has 14 heavy (non-hydrogen) atoms. The molecule has 0 aromatic carbocycles. The summed E-state index contributed by atoms with van der Waals surface area (Å²) in [6, 6.07) is -1.03. The van der Waals surface area contributed by atoms with E-state index in [-0.39, 0.29) is 11.8 Å². The van der Waals surface area contributed by atoms with E-state index in [0.717, 1.165) is 12.8 Å². The summed E-state index contributed by atoms with van der Waals surface area (Å²) in [5.41, 5.74) is 5.41. The Balaban J connectivity index is 2.62. The number of aliphatic carboxylic acids is 2. The summed E-state index contributed by atoms with van der Waals surface area (Å²) in [4.78, 5) is 21.3. The third kappa shape index (κ3) is 1.87. The first-order valence-electron chi connectivity index (χ1n) is 4.71. The second kappa shape index (κ2) is 3.96. The SMILES string of the molecule is CCCC1C(C(=O)O)C1[C@@H](N)C(=O)O. The van der Waals surface area contributed by atoms with Crippen LogP contribution in [0.2, 0.25) is 0 Å². The second-order valence-corrected chi connectivity index (χ2v) is 3.76. The van der Waals surface area contributed by atoms with Gasteiger partial charge >= 0.3 is 11.9 Å². The predicted octanol–water partition coefficient (Wildman–Crippen LogP) is 0.145. The van der Waals surface area contributed by atoms with Crippen molar-refractivity contribution in [1.29, 1.82) is 0 Å². The Labute approximate surface area is 81.9 Å². The summed E-state index contributed by atoms with van der Waals surface area (Å²) in [7, 11) is 0. The van der Waals surface area contributed by atoms with E-state index in [9.17, 15) is 9.59 Å². The highest BCUT2D eigenvalue weighted by atomic mass is 16.4. The van der Waals surface area contributed by atoms with Crippen LogP contribution in [0.5, 0.6) is 0 Å². The molecule has 0 heterocycles. The average molecular weight is 201 g/mol. The van der Waals surface area contributed by atoms with Crippen molar-refractivity contribution in [3.63, 3.8) is 0 Å². The molecule has 0 saturated heterocycles. The molecule has 1 aliphatic rings. The first kappa shape index (κ1) is 11.0. The molecule has 0 bridgehead atoms. The molecule has 5 heteroatoms. The molecule has 80 valence electrons. The lowest BCUT2D eigenvalue weighted by Gasteiger charge is -2.03. The molecule has 0 radical (unpaired) electrons. The fourth-order valence-corrected chi connectivity index (χ4v) is 2.11. The van der Waals surface area contributed by atoms with Gasteiger partial charge in [0.2, 0.25) is 0 Å². The minimum atomic E-state index is -1.11. The molecule has 1 aliphatic carbocycles. The van der Waals surface area contributed by atoms with E-state index in [1.165, 1.54) is 0 Å². The van der Waals surface area contributed by atoms with Gasteiger partial charge in [-0.05, 0) is 12.3 Å². The Morgan fingerprint density at radius 2 is 2.00 bits per heavy atom. The van der Waals surface area contributed by atoms with Crippen LogP contribution in [0.15, 0.2) is 0 Å². The smallest absolute Gasteiger partial charge is 0.320 e. The largest absolute Gasteiger partial charge is 0.481 e. The highest BCUT2D eigenvalue weighted by Gasteiger charge is 2.58. The lowest BCUT2D eigenvalue weighted by atomic mass is 10.1. The molecule has 5 nitrogen and oxygen atoms in total. The molecule has 4 N–H and O–H groups in total. The highest BCUT2D eigenvalue weighted by Crippen LogP contribution is 2.50. The van der Waals surface area contributed by atoms with Crippen LogP contribution in [0.3, 0.4) is 0 Å². The summed E-state index contributed by atoms with van der Waals surface area (Å²) in [5, 5.41) is 17.5. The molecule has 4 atom stereocenters. The predicted molar refractivity (Wildman–Crippen MR) is 48.6 cm³/mol. The van der Waals surface area contributed by atoms with Gasteiger partial charge in [0, 0.05) is 5.92 Å². The van der Waals surface area contributed by atoms with Gasteiger partial charge in [-0.15, -0.1) is 0 Å². The van der Waals surface area contributed by atoms with E-state index in [2.05, 4.69) is 0 Å². The first-order valence-corrected chi connectivity index (χ1v) is 4.71. The normalized spacial score (nSPS) is 32.3. The van der Waals surface area contributed by atoms with Crippen LogP contribution in [-0.2, 0) is 9.59 Å². The van der Waals surface area contributed by atoms with Crippen LogP contribution in [0.4, 0.5) is 0 Å². The molecule has 1 saturated carbocycles. The Morgan fingerprint density at radius 3 is 2.36 bits per heavy atom. The lowest BCUT2D eigenvalue weighted by molar-refractivity contribution is -0.140. The maximum Gasteiger partial charge on any atom is 0.320 e. The summed E-state index contributed by atoms with van der Waals surface area (Å²) >= 11 is 0. The van der Waals surface area contributed by atoms with Crippen LogP contribution in [0, 0.1) is 17.8 Å². The number of carbonyl (C=O) groups is 2. The molecule has 1 rings (SSSR count). The maximum atomic E-state index is 10.7. The van der Waals surface area contributed by atoms with Crippen LogP contribution in [-0.4, -0.2) is 28.2 Å². The summed E-state index contributed by atoms with van der Waals surface area (Å²) in [6.45, 7) is 1.95. The number of hydrogen-bond acceptors (Lipinski definition) is 3. The van der Waals surface area contributed by atoms with E-state index in [1.807, 2.05) is 6.92 Å². The Hall–Kier alpha value is -1.10. The Kier molecular flexibility index (Phi) is 3.10. The maximum absolute atomic E-state index is 10.7. The minimum Gasteiger partial charge on any atom is -0.481 e. The van der Waals surface area contributed by atoms with E-state index >= 15 is 0 Å². The van der Waals surface area contributed by atoms with E-state index in [0.29, 0.717) is 0 Å². The average Bonchev–Trinajstić information content (AvgIpc) is 2.78. The van der Waals surface area contributed by atoms with E-state index in [4.69, 9.17) is 15.9 Å². The summed E-state index contributed by atoms with van der Waals surface area (Å²) < 4.78 is 0. The minimum absolute atomic E-state index is 0.0522. The van der Waals surface area contributed by atoms with Crippen molar-refractivity contribution in [1.82, 2.24) is 0 Å². The number of hydrogen-bond donors (Lipinski definition) is 3. The van der Waals surface area contributed by atoms with Crippen molar-refractivity contribution in [3.8, 4) is 0 Å². The lowest BCUT2D eigenvalue weighted by Crippen LogP contribution is -2.34. The monoisotopic (exact) mass is 201 g/mol. The zero-order valence-electron chi connectivity index (χ0n) is 8.01. The van der Waals surface area contributed by atoms with Crippen molar-refractivity contribution in [3.05, 3.63) is 0 Å². The van der Waals surface area contributed by atoms with Gasteiger partial charge in [0.25, 0.3) is 0 Å². The standard InChI is InChI=1S/C9H15NO4/c1-2-3-4-5(6(4)8(11)12)7(10)9(13)14/h4-7H,2-3,10H2,1H3,(H,11,12)(H,13,14)/t4?,5?,6?,7-/m1/s1. The van der Waals surface area contributed by atoms with Crippen LogP contribution >= 0.6 is 0 Å². The molecular formula is C9H15NO4. The topological polar surface area (TPSA) is 101 Å². The highest BCUT2D eigenvalue weighted by molar-refractivity contribution is 5.80. The first-order chi connectivity index (χ1) is 6.50. The molecule has 1 fully saturated rings. The number of carboxylic acid groups (broad SMARTS) is 2. The van der Waals surface area contributed by atoms with Crippen LogP contribution in [0.25, 0.3) is 0 Å². The molecule has 0 aromatic heterocycles. The zero-order chi connectivity index (χ0) is 10.9. The Bertz CT molecular complexity index is 253. The Morgan fingerprint density at radius 1 is 1.43 bits per heavy atom. The molecule has 3 unspecified atom stereocenters. The van der Waals surface area contributed by atoms with Crippen molar-refractivity contribution in [2.75, 3.05) is 0 Å². The molecular weight excluding hydrogens is 186 g/mol. The van der Waals surface area contributed by atoms with Gasteiger partial charge in [0.05, 0.1) is 5.92 Å². The zero-order valence-corrected chi connectivity index (χ0v) is 8.01. The third-order valence-corrected chi connectivity index (χ3v) is 2.84. The molecule has 0 amide bonds. The van der Waals surface area contributed by atoms with Gasteiger partial charge in [0.15, 0.2) is 0 Å². The van der Waals surface area contributed by atoms with Gasteiger partial charge in [-0.1, -0.05) is 13.3 Å². The summed E-state index contributed by atoms with van der Waals surface area (Å²) in [6.07, 6.45) is 1.60. The molecule has 0 spiro atoms. The van der Waals surface area contributed by atoms with Crippen LogP contribution in [0.1, 0.15) is 19.8 Å².